The number of hydrogen-bond acceptors (Lipinski definition) is 3. The van der Waals surface area contributed by atoms with Gasteiger partial charge in [-0.2, -0.15) is 4.31 Å². The topological polar surface area (TPSA) is 40.6 Å². The molecule has 1 saturated heterocycles. The summed E-state index contributed by atoms with van der Waals surface area (Å²) in [5.74, 6) is 0. The molecule has 1 heterocycles. The summed E-state index contributed by atoms with van der Waals surface area (Å²) in [4.78, 5) is 2.60. The Hall–Kier alpha value is -2.08. The molecule has 1 fully saturated rings. The fourth-order valence-corrected chi connectivity index (χ4v) is 5.69. The molecule has 28 heavy (non-hydrogen) atoms. The Labute approximate surface area is 171 Å². The summed E-state index contributed by atoms with van der Waals surface area (Å²) in [6.45, 7) is 6.50. The van der Waals surface area contributed by atoms with Gasteiger partial charge in [0, 0.05) is 47.7 Å². The van der Waals surface area contributed by atoms with E-state index < -0.39 is 10.0 Å². The Morgan fingerprint density at radius 2 is 1.50 bits per heavy atom. The van der Waals surface area contributed by atoms with Crippen LogP contribution in [0.4, 0.5) is 5.69 Å². The SMILES string of the molecule is Cc1cccc(N2CCN(S(=O)(=O)c3ccc(Cl)c4ccccc34)CC2)c1C. The number of benzene rings is 3. The minimum atomic E-state index is -3.58. The number of anilines is 1. The summed E-state index contributed by atoms with van der Waals surface area (Å²) in [5, 5.41) is 2.00. The summed E-state index contributed by atoms with van der Waals surface area (Å²) < 4.78 is 28.3. The molecule has 146 valence electrons. The molecule has 3 aromatic carbocycles. The first-order valence-electron chi connectivity index (χ1n) is 9.38. The van der Waals surface area contributed by atoms with E-state index in [9.17, 15) is 8.42 Å². The highest BCUT2D eigenvalue weighted by atomic mass is 35.5. The van der Waals surface area contributed by atoms with E-state index in [0.717, 1.165) is 5.39 Å². The Balaban J connectivity index is 1.61. The lowest BCUT2D eigenvalue weighted by Gasteiger charge is -2.36. The Morgan fingerprint density at radius 1 is 0.821 bits per heavy atom. The molecule has 1 aliphatic heterocycles. The Bertz CT molecular complexity index is 1140. The third kappa shape index (κ3) is 3.28. The molecule has 4 nitrogen and oxygen atoms in total. The van der Waals surface area contributed by atoms with E-state index in [0.29, 0.717) is 41.5 Å². The summed E-state index contributed by atoms with van der Waals surface area (Å²) in [6, 6.07) is 16.9. The van der Waals surface area contributed by atoms with Crippen LogP contribution in [0.3, 0.4) is 0 Å². The van der Waals surface area contributed by atoms with E-state index in [-0.39, 0.29) is 0 Å². The first-order chi connectivity index (χ1) is 13.4. The zero-order chi connectivity index (χ0) is 19.9. The van der Waals surface area contributed by atoms with Crippen molar-refractivity contribution in [2.75, 3.05) is 31.1 Å². The third-order valence-electron chi connectivity index (χ3n) is 5.60. The molecule has 0 unspecified atom stereocenters. The number of rotatable bonds is 3. The number of halogens is 1. The van der Waals surface area contributed by atoms with Gasteiger partial charge in [-0.3, -0.25) is 0 Å². The predicted molar refractivity (Wildman–Crippen MR) is 116 cm³/mol. The average molecular weight is 415 g/mol. The van der Waals surface area contributed by atoms with Gasteiger partial charge in [-0.05, 0) is 43.2 Å². The molecule has 0 saturated carbocycles. The molecule has 1 aliphatic rings. The number of aryl methyl sites for hydroxylation is 1. The van der Waals surface area contributed by atoms with Crippen LogP contribution in [-0.4, -0.2) is 38.9 Å². The maximum absolute atomic E-state index is 13.3. The van der Waals surface area contributed by atoms with Gasteiger partial charge in [-0.25, -0.2) is 8.42 Å². The summed E-state index contributed by atoms with van der Waals surface area (Å²) in [6.07, 6.45) is 0. The second-order valence-electron chi connectivity index (χ2n) is 7.20. The van der Waals surface area contributed by atoms with Crippen molar-refractivity contribution in [1.29, 1.82) is 0 Å². The van der Waals surface area contributed by atoms with Crippen molar-refractivity contribution in [2.45, 2.75) is 18.7 Å². The van der Waals surface area contributed by atoms with Gasteiger partial charge in [0.05, 0.1) is 4.90 Å². The van der Waals surface area contributed by atoms with Crippen LogP contribution in [0.15, 0.2) is 59.5 Å². The van der Waals surface area contributed by atoms with E-state index in [1.165, 1.54) is 16.8 Å². The largest absolute Gasteiger partial charge is 0.369 e. The number of nitrogens with zero attached hydrogens (tertiary/aromatic N) is 2. The normalized spacial score (nSPS) is 15.9. The standard InChI is InChI=1S/C22H23ClN2O2S/c1-16-6-5-9-21(17(16)2)24-12-14-25(15-13-24)28(26,27)22-11-10-20(23)18-7-3-4-8-19(18)22/h3-11H,12-15H2,1-2H3. The van der Waals surface area contributed by atoms with Crippen LogP contribution >= 0.6 is 11.6 Å². The molecule has 0 aromatic heterocycles. The van der Waals surface area contributed by atoms with Crippen molar-refractivity contribution in [3.63, 3.8) is 0 Å². The fraction of sp³-hybridized carbons (Fsp3) is 0.273. The highest BCUT2D eigenvalue weighted by Gasteiger charge is 2.30. The summed E-state index contributed by atoms with van der Waals surface area (Å²) >= 11 is 6.26. The maximum atomic E-state index is 13.3. The molecule has 0 radical (unpaired) electrons. The average Bonchev–Trinajstić information content (AvgIpc) is 2.70. The first kappa shape index (κ1) is 19.2. The molecular weight excluding hydrogens is 392 g/mol. The molecule has 6 heteroatoms. The first-order valence-corrected chi connectivity index (χ1v) is 11.2. The highest BCUT2D eigenvalue weighted by Crippen LogP contribution is 2.32. The van der Waals surface area contributed by atoms with Crippen molar-refractivity contribution in [1.82, 2.24) is 4.31 Å². The summed E-state index contributed by atoms with van der Waals surface area (Å²) in [5.41, 5.74) is 3.69. The molecule has 0 spiro atoms. The molecule has 3 aromatic rings. The van der Waals surface area contributed by atoms with Crippen LogP contribution in [0.2, 0.25) is 5.02 Å². The Kier molecular flexibility index (Phi) is 5.08. The van der Waals surface area contributed by atoms with Gasteiger partial charge >= 0.3 is 0 Å². The van der Waals surface area contributed by atoms with Crippen molar-refractivity contribution in [3.05, 3.63) is 70.7 Å². The van der Waals surface area contributed by atoms with Crippen LogP contribution in [-0.2, 0) is 10.0 Å². The quantitative estimate of drug-likeness (QED) is 0.627. The van der Waals surface area contributed by atoms with E-state index in [2.05, 4.69) is 36.9 Å². The van der Waals surface area contributed by atoms with Crippen molar-refractivity contribution in [3.8, 4) is 0 Å². The summed E-state index contributed by atoms with van der Waals surface area (Å²) in [7, 11) is -3.58. The molecule has 0 aliphatic carbocycles. The highest BCUT2D eigenvalue weighted by molar-refractivity contribution is 7.89. The third-order valence-corrected chi connectivity index (χ3v) is 7.89. The number of sulfonamides is 1. The van der Waals surface area contributed by atoms with E-state index in [4.69, 9.17) is 11.6 Å². The van der Waals surface area contributed by atoms with E-state index in [1.54, 1.807) is 16.4 Å². The van der Waals surface area contributed by atoms with Gasteiger partial charge in [0.25, 0.3) is 0 Å². The van der Waals surface area contributed by atoms with Crippen LogP contribution in [0.5, 0.6) is 0 Å². The number of hydrogen-bond donors (Lipinski definition) is 0. The van der Waals surface area contributed by atoms with Crippen LogP contribution in [0, 0.1) is 13.8 Å². The second-order valence-corrected chi connectivity index (χ2v) is 9.51. The molecule has 0 amide bonds. The van der Waals surface area contributed by atoms with Gasteiger partial charge in [0.2, 0.25) is 10.0 Å². The van der Waals surface area contributed by atoms with Gasteiger partial charge < -0.3 is 4.90 Å². The lowest BCUT2D eigenvalue weighted by Crippen LogP contribution is -2.48. The minimum absolute atomic E-state index is 0.327. The monoisotopic (exact) mass is 414 g/mol. The smallest absolute Gasteiger partial charge is 0.243 e. The zero-order valence-electron chi connectivity index (χ0n) is 16.0. The van der Waals surface area contributed by atoms with Crippen LogP contribution in [0.1, 0.15) is 11.1 Å². The Morgan fingerprint density at radius 3 is 2.21 bits per heavy atom. The second kappa shape index (κ2) is 7.39. The number of piperazine rings is 1. The minimum Gasteiger partial charge on any atom is -0.369 e. The van der Waals surface area contributed by atoms with Crippen molar-refractivity contribution < 1.29 is 8.42 Å². The van der Waals surface area contributed by atoms with Crippen molar-refractivity contribution in [2.24, 2.45) is 0 Å². The van der Waals surface area contributed by atoms with E-state index in [1.807, 2.05) is 24.3 Å². The van der Waals surface area contributed by atoms with Gasteiger partial charge in [0.1, 0.15) is 0 Å². The fourth-order valence-electron chi connectivity index (χ4n) is 3.85. The molecule has 0 N–H and O–H groups in total. The van der Waals surface area contributed by atoms with Gasteiger partial charge in [0.15, 0.2) is 0 Å². The van der Waals surface area contributed by atoms with Crippen LogP contribution in [0.25, 0.3) is 10.8 Å². The van der Waals surface area contributed by atoms with Crippen molar-refractivity contribution >= 4 is 38.1 Å². The van der Waals surface area contributed by atoms with Gasteiger partial charge in [-0.15, -0.1) is 0 Å². The maximum Gasteiger partial charge on any atom is 0.243 e. The predicted octanol–water partition coefficient (Wildman–Crippen LogP) is 4.62. The lowest BCUT2D eigenvalue weighted by molar-refractivity contribution is 0.385. The molecule has 0 atom stereocenters. The van der Waals surface area contributed by atoms with E-state index >= 15 is 0 Å². The molecular formula is C22H23ClN2O2S. The van der Waals surface area contributed by atoms with Gasteiger partial charge in [-0.1, -0.05) is 48.0 Å². The van der Waals surface area contributed by atoms with Crippen LogP contribution < -0.4 is 4.90 Å². The number of fused-ring (bicyclic) bond motifs is 1. The lowest BCUT2D eigenvalue weighted by atomic mass is 10.1. The zero-order valence-corrected chi connectivity index (χ0v) is 17.6. The molecule has 4 rings (SSSR count). The molecule has 0 bridgehead atoms.